The van der Waals surface area contributed by atoms with Gasteiger partial charge in [0.05, 0.1) is 22.7 Å². The van der Waals surface area contributed by atoms with Crippen molar-refractivity contribution in [3.63, 3.8) is 0 Å². The van der Waals surface area contributed by atoms with Crippen LogP contribution < -0.4 is 5.32 Å². The Morgan fingerprint density at radius 1 is 1.00 bits per heavy atom. The van der Waals surface area contributed by atoms with E-state index in [1.54, 1.807) is 30.3 Å². The van der Waals surface area contributed by atoms with Gasteiger partial charge in [-0.2, -0.15) is 26.3 Å². The molecule has 1 fully saturated rings. The van der Waals surface area contributed by atoms with Gasteiger partial charge in [-0.25, -0.2) is 0 Å². The lowest BCUT2D eigenvalue weighted by atomic mass is 9.82. The van der Waals surface area contributed by atoms with Crippen molar-refractivity contribution in [3.8, 4) is 5.75 Å². The van der Waals surface area contributed by atoms with Crippen LogP contribution in [0.2, 0.25) is 0 Å². The molecule has 180 valence electrons. The molecule has 0 heterocycles. The Kier molecular flexibility index (Phi) is 6.70. The maximum Gasteiger partial charge on any atom is 0.417 e. The van der Waals surface area contributed by atoms with Crippen LogP contribution in [0.25, 0.3) is 0 Å². The first-order valence-corrected chi connectivity index (χ1v) is 10.3. The summed E-state index contributed by atoms with van der Waals surface area (Å²) in [5.74, 6) is -2.68. The SMILES string of the molecule is CN(C)C1(C(NC(=O)c2c(O)cc(C(F)(F)F)cc2C(F)(F)F)c2ccccc2)CCCC1. The summed E-state index contributed by atoms with van der Waals surface area (Å²) < 4.78 is 80.1. The molecule has 1 amide bonds. The highest BCUT2D eigenvalue weighted by molar-refractivity contribution is 5.99. The number of halogens is 6. The Hall–Kier alpha value is -2.75. The fourth-order valence-corrected chi connectivity index (χ4v) is 4.61. The van der Waals surface area contributed by atoms with Crippen molar-refractivity contribution < 1.29 is 36.2 Å². The predicted molar refractivity (Wildman–Crippen MR) is 110 cm³/mol. The summed E-state index contributed by atoms with van der Waals surface area (Å²) in [5.41, 5.74) is -4.74. The summed E-state index contributed by atoms with van der Waals surface area (Å²) in [4.78, 5) is 15.0. The van der Waals surface area contributed by atoms with Crippen molar-refractivity contribution in [2.45, 2.75) is 49.6 Å². The molecule has 1 unspecified atom stereocenters. The van der Waals surface area contributed by atoms with Gasteiger partial charge in [0.25, 0.3) is 5.91 Å². The number of alkyl halides is 6. The van der Waals surface area contributed by atoms with E-state index in [2.05, 4.69) is 5.32 Å². The number of aromatic hydroxyl groups is 1. The van der Waals surface area contributed by atoms with E-state index in [-0.39, 0.29) is 12.1 Å². The predicted octanol–water partition coefficient (Wildman–Crippen LogP) is 5.78. The highest BCUT2D eigenvalue weighted by Gasteiger charge is 2.46. The number of phenols is 1. The molecule has 1 aliphatic rings. The number of phenolic OH excluding ortho intramolecular Hbond substituents is 1. The lowest BCUT2D eigenvalue weighted by Gasteiger charge is -2.44. The smallest absolute Gasteiger partial charge is 0.417 e. The Labute approximate surface area is 187 Å². The minimum atomic E-state index is -5.29. The number of hydrogen-bond acceptors (Lipinski definition) is 3. The van der Waals surface area contributed by atoms with Gasteiger partial charge in [-0.3, -0.25) is 4.79 Å². The maximum atomic E-state index is 13.7. The number of nitrogens with zero attached hydrogens (tertiary/aromatic N) is 1. The highest BCUT2D eigenvalue weighted by atomic mass is 19.4. The fourth-order valence-electron chi connectivity index (χ4n) is 4.61. The van der Waals surface area contributed by atoms with Crippen LogP contribution in [0, 0.1) is 0 Å². The summed E-state index contributed by atoms with van der Waals surface area (Å²) in [6.45, 7) is 0. The largest absolute Gasteiger partial charge is 0.507 e. The van der Waals surface area contributed by atoms with E-state index < -0.39 is 52.3 Å². The topological polar surface area (TPSA) is 52.6 Å². The zero-order chi connectivity index (χ0) is 24.6. The molecule has 10 heteroatoms. The van der Waals surface area contributed by atoms with Crippen molar-refractivity contribution in [3.05, 3.63) is 64.7 Å². The molecular formula is C23H24F6N2O2. The quantitative estimate of drug-likeness (QED) is 0.541. The maximum absolute atomic E-state index is 13.7. The van der Waals surface area contributed by atoms with Gasteiger partial charge in [-0.05, 0) is 44.6 Å². The number of benzene rings is 2. The average molecular weight is 474 g/mol. The van der Waals surface area contributed by atoms with E-state index in [0.717, 1.165) is 12.8 Å². The molecule has 0 aromatic heterocycles. The molecule has 3 rings (SSSR count). The number of carbonyl (C=O) groups excluding carboxylic acids is 1. The van der Waals surface area contributed by atoms with Gasteiger partial charge in [-0.1, -0.05) is 43.2 Å². The number of amides is 1. The van der Waals surface area contributed by atoms with Crippen LogP contribution in [-0.2, 0) is 12.4 Å². The molecule has 0 saturated heterocycles. The van der Waals surface area contributed by atoms with Crippen molar-refractivity contribution in [2.24, 2.45) is 0 Å². The van der Waals surface area contributed by atoms with Gasteiger partial charge in [0.2, 0.25) is 0 Å². The Morgan fingerprint density at radius 3 is 2.06 bits per heavy atom. The molecule has 0 bridgehead atoms. The number of hydrogen-bond donors (Lipinski definition) is 2. The van der Waals surface area contributed by atoms with E-state index in [4.69, 9.17) is 0 Å². The number of rotatable bonds is 5. The third-order valence-electron chi connectivity index (χ3n) is 6.28. The lowest BCUT2D eigenvalue weighted by molar-refractivity contribution is -0.143. The molecular weight excluding hydrogens is 450 g/mol. The van der Waals surface area contributed by atoms with E-state index in [0.29, 0.717) is 18.4 Å². The van der Waals surface area contributed by atoms with E-state index in [1.807, 2.05) is 19.0 Å². The molecule has 1 saturated carbocycles. The standard InChI is InChI=1S/C23H24F6N2O2/c1-31(2)21(10-6-7-11-21)19(14-8-4-3-5-9-14)30-20(33)18-16(23(27,28)29)12-15(13-17(18)32)22(24,25)26/h3-5,8-9,12-13,19,32H,6-7,10-11H2,1-2H3,(H,30,33). The first kappa shape index (κ1) is 24.9. The minimum Gasteiger partial charge on any atom is -0.507 e. The minimum absolute atomic E-state index is 0.138. The molecule has 33 heavy (non-hydrogen) atoms. The van der Waals surface area contributed by atoms with Gasteiger partial charge in [0.1, 0.15) is 5.75 Å². The third kappa shape index (κ3) is 4.95. The molecule has 2 N–H and O–H groups in total. The molecule has 1 aliphatic carbocycles. The normalized spacial score (nSPS) is 17.2. The zero-order valence-electron chi connectivity index (χ0n) is 18.0. The van der Waals surface area contributed by atoms with Crippen molar-refractivity contribution >= 4 is 5.91 Å². The summed E-state index contributed by atoms with van der Waals surface area (Å²) >= 11 is 0. The lowest BCUT2D eigenvalue weighted by Crippen LogP contribution is -2.53. The average Bonchev–Trinajstić information content (AvgIpc) is 3.21. The zero-order valence-corrected chi connectivity index (χ0v) is 18.0. The molecule has 0 radical (unpaired) electrons. The van der Waals surface area contributed by atoms with E-state index >= 15 is 0 Å². The Morgan fingerprint density at radius 2 is 1.58 bits per heavy atom. The van der Waals surface area contributed by atoms with E-state index in [1.165, 1.54) is 0 Å². The molecule has 0 aliphatic heterocycles. The first-order valence-electron chi connectivity index (χ1n) is 10.3. The second-order valence-electron chi connectivity index (χ2n) is 8.44. The second-order valence-corrected chi connectivity index (χ2v) is 8.44. The second kappa shape index (κ2) is 8.89. The van der Waals surface area contributed by atoms with E-state index in [9.17, 15) is 36.2 Å². The van der Waals surface area contributed by atoms with Crippen LogP contribution in [0.4, 0.5) is 26.3 Å². The highest BCUT2D eigenvalue weighted by Crippen LogP contribution is 2.45. The van der Waals surface area contributed by atoms with Crippen molar-refractivity contribution in [1.29, 1.82) is 0 Å². The Balaban J connectivity index is 2.12. The fraction of sp³-hybridized carbons (Fsp3) is 0.435. The molecule has 2 aromatic carbocycles. The summed E-state index contributed by atoms with van der Waals surface area (Å²) in [6.07, 6.45) is -7.42. The monoisotopic (exact) mass is 474 g/mol. The summed E-state index contributed by atoms with van der Waals surface area (Å²) in [6, 6.07) is 7.89. The first-order chi connectivity index (χ1) is 15.3. The Bertz CT molecular complexity index is 996. The van der Waals surface area contributed by atoms with Gasteiger partial charge >= 0.3 is 12.4 Å². The summed E-state index contributed by atoms with van der Waals surface area (Å²) in [5, 5.41) is 12.7. The third-order valence-corrected chi connectivity index (χ3v) is 6.28. The number of nitrogens with one attached hydrogen (secondary N) is 1. The van der Waals surface area contributed by atoms with Gasteiger partial charge < -0.3 is 15.3 Å². The van der Waals surface area contributed by atoms with Crippen molar-refractivity contribution in [1.82, 2.24) is 10.2 Å². The molecule has 0 spiro atoms. The van der Waals surface area contributed by atoms with Crippen LogP contribution in [-0.4, -0.2) is 35.5 Å². The number of likely N-dealkylation sites (N-methyl/N-ethyl adjacent to an activating group) is 1. The van der Waals surface area contributed by atoms with Gasteiger partial charge in [0.15, 0.2) is 0 Å². The van der Waals surface area contributed by atoms with Crippen molar-refractivity contribution in [2.75, 3.05) is 14.1 Å². The van der Waals surface area contributed by atoms with Crippen LogP contribution >= 0.6 is 0 Å². The van der Waals surface area contributed by atoms with Crippen LogP contribution in [0.1, 0.15) is 58.8 Å². The molecule has 4 nitrogen and oxygen atoms in total. The number of carbonyl (C=O) groups is 1. The van der Waals surface area contributed by atoms with Gasteiger partial charge in [0, 0.05) is 5.54 Å². The summed E-state index contributed by atoms with van der Waals surface area (Å²) in [7, 11) is 3.62. The van der Waals surface area contributed by atoms with Crippen LogP contribution in [0.15, 0.2) is 42.5 Å². The molecule has 2 aromatic rings. The van der Waals surface area contributed by atoms with Crippen LogP contribution in [0.3, 0.4) is 0 Å². The molecule has 1 atom stereocenters. The van der Waals surface area contributed by atoms with Crippen LogP contribution in [0.5, 0.6) is 5.75 Å². The van der Waals surface area contributed by atoms with Gasteiger partial charge in [-0.15, -0.1) is 0 Å².